The minimum absolute atomic E-state index is 0.455. The fourth-order valence-corrected chi connectivity index (χ4v) is 4.01. The lowest BCUT2D eigenvalue weighted by molar-refractivity contribution is 0.0890. The van der Waals surface area contributed by atoms with Gasteiger partial charge in [-0.1, -0.05) is 0 Å². The molecular formula is C18H25N3OS. The maximum Gasteiger partial charge on any atom is 0.0801 e. The van der Waals surface area contributed by atoms with Crippen molar-refractivity contribution in [2.24, 2.45) is 5.92 Å². The monoisotopic (exact) mass is 331 g/mol. The number of hydrogen-bond donors (Lipinski definition) is 0. The topological polar surface area (TPSA) is 30.3 Å². The van der Waals surface area contributed by atoms with Gasteiger partial charge < -0.3 is 4.74 Å². The van der Waals surface area contributed by atoms with Crippen LogP contribution in [0, 0.1) is 5.92 Å². The molecule has 1 aliphatic heterocycles. The number of aromatic nitrogens is 2. The minimum Gasteiger partial charge on any atom is -0.380 e. The molecule has 5 heteroatoms. The summed E-state index contributed by atoms with van der Waals surface area (Å²) in [6.45, 7) is 7.91. The van der Waals surface area contributed by atoms with Gasteiger partial charge in [0, 0.05) is 50.5 Å². The molecule has 3 heterocycles. The quantitative estimate of drug-likeness (QED) is 0.778. The summed E-state index contributed by atoms with van der Waals surface area (Å²) >= 11 is 1.78. The van der Waals surface area contributed by atoms with Crippen molar-refractivity contribution >= 4 is 11.3 Å². The van der Waals surface area contributed by atoms with E-state index in [0.717, 1.165) is 45.3 Å². The van der Waals surface area contributed by atoms with Crippen molar-refractivity contribution in [3.63, 3.8) is 0 Å². The van der Waals surface area contributed by atoms with Crippen molar-refractivity contribution in [1.29, 1.82) is 0 Å². The Kier molecular flexibility index (Phi) is 4.51. The first-order chi connectivity index (χ1) is 11.3. The zero-order chi connectivity index (χ0) is 15.6. The molecule has 1 fully saturated rings. The molecule has 23 heavy (non-hydrogen) atoms. The van der Waals surface area contributed by atoms with Crippen LogP contribution in [0.2, 0.25) is 0 Å². The molecule has 0 aromatic carbocycles. The minimum atomic E-state index is 0.455. The predicted molar refractivity (Wildman–Crippen MR) is 92.6 cm³/mol. The lowest BCUT2D eigenvalue weighted by Gasteiger charge is -2.31. The van der Waals surface area contributed by atoms with Gasteiger partial charge in [0.15, 0.2) is 0 Å². The lowest BCUT2D eigenvalue weighted by atomic mass is 9.95. The number of aryl methyl sites for hydroxylation is 1. The number of ether oxygens (including phenoxy) is 1. The number of fused-ring (bicyclic) bond motifs is 1. The average Bonchev–Trinajstić information content (AvgIpc) is 3.06. The van der Waals surface area contributed by atoms with Crippen molar-refractivity contribution < 1.29 is 4.74 Å². The molecule has 124 valence electrons. The Balaban J connectivity index is 1.46. The predicted octanol–water partition coefficient (Wildman–Crippen LogP) is 3.49. The Labute approximate surface area is 142 Å². The molecule has 2 aliphatic rings. The van der Waals surface area contributed by atoms with Gasteiger partial charge in [-0.3, -0.25) is 9.58 Å². The first-order valence-electron chi connectivity index (χ1n) is 8.69. The van der Waals surface area contributed by atoms with Gasteiger partial charge in [-0.2, -0.15) is 16.4 Å². The molecule has 1 saturated carbocycles. The Morgan fingerprint density at radius 2 is 2.26 bits per heavy atom. The van der Waals surface area contributed by atoms with Crippen LogP contribution in [0.15, 0.2) is 23.0 Å². The Morgan fingerprint density at radius 3 is 3.00 bits per heavy atom. The highest BCUT2D eigenvalue weighted by Gasteiger charge is 2.29. The summed E-state index contributed by atoms with van der Waals surface area (Å²) in [5.41, 5.74) is 4.06. The van der Waals surface area contributed by atoms with Crippen LogP contribution < -0.4 is 0 Å². The van der Waals surface area contributed by atoms with Gasteiger partial charge >= 0.3 is 0 Å². The van der Waals surface area contributed by atoms with E-state index in [-0.39, 0.29) is 0 Å². The summed E-state index contributed by atoms with van der Waals surface area (Å²) in [5, 5.41) is 9.18. The summed E-state index contributed by atoms with van der Waals surface area (Å²) in [5.74, 6) is 1.29. The molecule has 4 rings (SSSR count). The van der Waals surface area contributed by atoms with Crippen LogP contribution in [0.5, 0.6) is 0 Å². The zero-order valence-corrected chi connectivity index (χ0v) is 14.6. The van der Waals surface area contributed by atoms with Gasteiger partial charge in [-0.15, -0.1) is 0 Å². The Morgan fingerprint density at radius 1 is 1.35 bits per heavy atom. The molecule has 0 N–H and O–H groups in total. The number of thiophene rings is 1. The van der Waals surface area contributed by atoms with Crippen LogP contribution in [0.3, 0.4) is 0 Å². The van der Waals surface area contributed by atoms with Gasteiger partial charge in [-0.25, -0.2) is 0 Å². The standard InChI is InChI=1S/C18H25N3OS/c1-2-21-9-17-16(12-22-11-14-3-4-14)8-20(10-18(17)19-21)7-15-5-6-23-13-15/h5-6,9,13-14,16H,2-4,7-8,10-12H2,1H3/t16-/m1/s1. The van der Waals surface area contributed by atoms with Gasteiger partial charge in [0.25, 0.3) is 0 Å². The molecule has 2 aromatic rings. The van der Waals surface area contributed by atoms with Crippen molar-refractivity contribution in [2.75, 3.05) is 19.8 Å². The van der Waals surface area contributed by atoms with Crippen LogP contribution in [0.4, 0.5) is 0 Å². The third kappa shape index (κ3) is 3.67. The van der Waals surface area contributed by atoms with Gasteiger partial charge in [0.2, 0.25) is 0 Å². The SMILES string of the molecule is CCn1cc2c(n1)CN(Cc1ccsc1)C[C@@H]2COCC1CC1. The number of rotatable bonds is 7. The van der Waals surface area contributed by atoms with Crippen LogP contribution in [0.1, 0.15) is 42.5 Å². The second-order valence-electron chi connectivity index (χ2n) is 6.87. The maximum atomic E-state index is 6.02. The second kappa shape index (κ2) is 6.75. The van der Waals surface area contributed by atoms with Gasteiger partial charge in [0.1, 0.15) is 0 Å². The van der Waals surface area contributed by atoms with E-state index in [1.807, 2.05) is 0 Å². The molecular weight excluding hydrogens is 306 g/mol. The highest BCUT2D eigenvalue weighted by Crippen LogP contribution is 2.32. The van der Waals surface area contributed by atoms with Crippen LogP contribution in [-0.4, -0.2) is 34.4 Å². The highest BCUT2D eigenvalue weighted by molar-refractivity contribution is 7.07. The molecule has 4 nitrogen and oxygen atoms in total. The molecule has 0 amide bonds. The van der Waals surface area contributed by atoms with Crippen molar-refractivity contribution in [3.05, 3.63) is 39.8 Å². The molecule has 1 aliphatic carbocycles. The van der Waals surface area contributed by atoms with E-state index in [0.29, 0.717) is 5.92 Å². The molecule has 1 atom stereocenters. The first kappa shape index (κ1) is 15.4. The van der Waals surface area contributed by atoms with Crippen LogP contribution in [0.25, 0.3) is 0 Å². The normalized spacial score (nSPS) is 21.5. The van der Waals surface area contributed by atoms with Crippen molar-refractivity contribution in [1.82, 2.24) is 14.7 Å². The summed E-state index contributed by atoms with van der Waals surface area (Å²) in [6, 6.07) is 2.23. The van der Waals surface area contributed by atoms with E-state index in [1.165, 1.54) is 29.7 Å². The molecule has 0 bridgehead atoms. The lowest BCUT2D eigenvalue weighted by Crippen LogP contribution is -2.34. The van der Waals surface area contributed by atoms with Crippen LogP contribution in [-0.2, 0) is 24.4 Å². The van der Waals surface area contributed by atoms with E-state index in [9.17, 15) is 0 Å². The summed E-state index contributed by atoms with van der Waals surface area (Å²) in [6.07, 6.45) is 4.95. The third-order valence-electron chi connectivity index (χ3n) is 4.84. The zero-order valence-electron chi connectivity index (χ0n) is 13.8. The third-order valence-corrected chi connectivity index (χ3v) is 5.57. The summed E-state index contributed by atoms with van der Waals surface area (Å²) < 4.78 is 8.09. The number of nitrogens with zero attached hydrogens (tertiary/aromatic N) is 3. The summed E-state index contributed by atoms with van der Waals surface area (Å²) in [4.78, 5) is 2.52. The fraction of sp³-hybridized carbons (Fsp3) is 0.611. The van der Waals surface area contributed by atoms with Crippen molar-refractivity contribution in [2.45, 2.75) is 45.3 Å². The number of hydrogen-bond acceptors (Lipinski definition) is 4. The Bertz CT molecular complexity index is 633. The summed E-state index contributed by atoms with van der Waals surface area (Å²) in [7, 11) is 0. The van der Waals surface area contributed by atoms with E-state index >= 15 is 0 Å². The average molecular weight is 331 g/mol. The van der Waals surface area contributed by atoms with E-state index in [1.54, 1.807) is 11.3 Å². The van der Waals surface area contributed by atoms with Gasteiger partial charge in [-0.05, 0) is 48.1 Å². The van der Waals surface area contributed by atoms with Crippen molar-refractivity contribution in [3.8, 4) is 0 Å². The van der Waals surface area contributed by atoms with Crippen LogP contribution >= 0.6 is 11.3 Å². The maximum absolute atomic E-state index is 6.02. The molecule has 0 saturated heterocycles. The van der Waals surface area contributed by atoms with E-state index < -0.39 is 0 Å². The smallest absolute Gasteiger partial charge is 0.0801 e. The largest absolute Gasteiger partial charge is 0.380 e. The Hall–Kier alpha value is -1.17. The molecule has 0 radical (unpaired) electrons. The first-order valence-corrected chi connectivity index (χ1v) is 9.63. The highest BCUT2D eigenvalue weighted by atomic mass is 32.1. The van der Waals surface area contributed by atoms with Gasteiger partial charge in [0.05, 0.1) is 12.3 Å². The molecule has 0 spiro atoms. The second-order valence-corrected chi connectivity index (χ2v) is 7.65. The molecule has 0 unspecified atom stereocenters. The van der Waals surface area contributed by atoms with E-state index in [2.05, 4.69) is 39.5 Å². The fourth-order valence-electron chi connectivity index (χ4n) is 3.35. The molecule has 2 aromatic heterocycles. The van der Waals surface area contributed by atoms with E-state index in [4.69, 9.17) is 9.84 Å².